The molecule has 0 aliphatic heterocycles. The predicted molar refractivity (Wildman–Crippen MR) is 70.9 cm³/mol. The van der Waals surface area contributed by atoms with Crippen LogP contribution in [0.5, 0.6) is 0 Å². The number of rotatable bonds is 9. The fourth-order valence-electron chi connectivity index (χ4n) is 1.89. The Balaban J connectivity index is 4.20. The summed E-state index contributed by atoms with van der Waals surface area (Å²) in [7, 11) is 0. The van der Waals surface area contributed by atoms with Crippen LogP contribution in [-0.2, 0) is 4.79 Å². The van der Waals surface area contributed by atoms with Crippen LogP contribution in [0.4, 0.5) is 0 Å². The number of hydrogen-bond donors (Lipinski definition) is 0. The zero-order chi connectivity index (χ0) is 12.4. The summed E-state index contributed by atoms with van der Waals surface area (Å²) < 4.78 is 0. The third kappa shape index (κ3) is 5.74. The molecule has 16 heavy (non-hydrogen) atoms. The molecular weight excluding hydrogens is 222 g/mol. The van der Waals surface area contributed by atoms with Gasteiger partial charge >= 0.3 is 0 Å². The first-order chi connectivity index (χ1) is 7.71. The molecule has 0 saturated heterocycles. The Kier molecular flexibility index (Phi) is 9.80. The third-order valence-electron chi connectivity index (χ3n) is 3.00. The van der Waals surface area contributed by atoms with Gasteiger partial charge in [0.2, 0.25) is 5.91 Å². The Morgan fingerprint density at radius 2 is 1.94 bits per heavy atom. The van der Waals surface area contributed by atoms with E-state index in [4.69, 9.17) is 11.6 Å². The highest BCUT2D eigenvalue weighted by molar-refractivity contribution is 6.17. The number of amides is 1. The van der Waals surface area contributed by atoms with E-state index in [1.807, 2.05) is 11.8 Å². The first-order valence-electron chi connectivity index (χ1n) is 6.55. The number of halogens is 1. The van der Waals surface area contributed by atoms with Crippen molar-refractivity contribution in [3.63, 3.8) is 0 Å². The molecule has 0 heterocycles. The quantitative estimate of drug-likeness (QED) is 0.569. The Hall–Kier alpha value is -0.240. The van der Waals surface area contributed by atoms with Crippen LogP contribution in [0.3, 0.4) is 0 Å². The highest BCUT2D eigenvalue weighted by atomic mass is 35.5. The van der Waals surface area contributed by atoms with Gasteiger partial charge in [-0.05, 0) is 26.2 Å². The normalized spacial score (nSPS) is 12.5. The molecule has 0 aromatic heterocycles. The van der Waals surface area contributed by atoms with Crippen molar-refractivity contribution in [2.75, 3.05) is 19.0 Å². The largest absolute Gasteiger partial charge is 0.343 e. The topological polar surface area (TPSA) is 20.3 Å². The van der Waals surface area contributed by atoms with Gasteiger partial charge in [-0.3, -0.25) is 4.79 Å². The summed E-state index contributed by atoms with van der Waals surface area (Å²) in [6, 6.07) is 0. The van der Waals surface area contributed by atoms with Gasteiger partial charge in [0.1, 0.15) is 0 Å². The van der Waals surface area contributed by atoms with Gasteiger partial charge in [0.15, 0.2) is 0 Å². The smallest absolute Gasteiger partial charge is 0.225 e. The zero-order valence-electron chi connectivity index (χ0n) is 11.0. The van der Waals surface area contributed by atoms with E-state index in [1.165, 1.54) is 0 Å². The molecule has 0 saturated carbocycles. The molecule has 0 aromatic carbocycles. The highest BCUT2D eigenvalue weighted by Crippen LogP contribution is 2.16. The molecule has 1 atom stereocenters. The molecule has 0 aromatic rings. The second-order valence-electron chi connectivity index (χ2n) is 4.21. The van der Waals surface area contributed by atoms with E-state index in [2.05, 4.69) is 13.8 Å². The van der Waals surface area contributed by atoms with E-state index in [0.717, 1.165) is 45.2 Å². The molecule has 0 N–H and O–H groups in total. The molecule has 1 amide bonds. The van der Waals surface area contributed by atoms with Gasteiger partial charge in [0.05, 0.1) is 0 Å². The van der Waals surface area contributed by atoms with Crippen molar-refractivity contribution < 1.29 is 4.79 Å². The van der Waals surface area contributed by atoms with Crippen LogP contribution in [0, 0.1) is 5.92 Å². The first-order valence-corrected chi connectivity index (χ1v) is 7.09. The van der Waals surface area contributed by atoms with Crippen molar-refractivity contribution >= 4 is 17.5 Å². The summed E-state index contributed by atoms with van der Waals surface area (Å²) in [5, 5.41) is 0. The van der Waals surface area contributed by atoms with Crippen LogP contribution in [0.1, 0.15) is 52.9 Å². The minimum Gasteiger partial charge on any atom is -0.343 e. The molecule has 3 heteroatoms. The van der Waals surface area contributed by atoms with Crippen LogP contribution < -0.4 is 0 Å². The fraction of sp³-hybridized carbons (Fsp3) is 0.923. The molecule has 0 bridgehead atoms. The van der Waals surface area contributed by atoms with Gasteiger partial charge in [-0.2, -0.15) is 0 Å². The number of nitrogens with zero attached hydrogens (tertiary/aromatic N) is 1. The fourth-order valence-corrected chi connectivity index (χ4v) is 2.01. The minimum absolute atomic E-state index is 0.218. The predicted octanol–water partition coefficient (Wildman–Crippen LogP) is 3.68. The molecule has 2 nitrogen and oxygen atoms in total. The maximum atomic E-state index is 12.2. The average molecular weight is 248 g/mol. The van der Waals surface area contributed by atoms with Crippen molar-refractivity contribution in [3.8, 4) is 0 Å². The van der Waals surface area contributed by atoms with E-state index in [-0.39, 0.29) is 5.92 Å². The number of unbranched alkanes of at least 4 members (excludes halogenated alkanes) is 1. The molecule has 0 aliphatic carbocycles. The average Bonchev–Trinajstić information content (AvgIpc) is 2.31. The van der Waals surface area contributed by atoms with E-state index in [9.17, 15) is 4.79 Å². The Morgan fingerprint density at radius 1 is 1.25 bits per heavy atom. The standard InChI is InChI=1S/C13H26ClNO/c1-4-7-9-12(5-2)13(16)15(6-3)11-8-10-14/h12H,4-11H2,1-3H3. The molecule has 96 valence electrons. The van der Waals surface area contributed by atoms with E-state index in [1.54, 1.807) is 0 Å². The van der Waals surface area contributed by atoms with Crippen LogP contribution in [-0.4, -0.2) is 29.8 Å². The zero-order valence-corrected chi connectivity index (χ0v) is 11.7. The summed E-state index contributed by atoms with van der Waals surface area (Å²) in [4.78, 5) is 14.2. The van der Waals surface area contributed by atoms with Gasteiger partial charge in [0.25, 0.3) is 0 Å². The van der Waals surface area contributed by atoms with Crippen LogP contribution in [0.2, 0.25) is 0 Å². The first kappa shape index (κ1) is 15.8. The second-order valence-corrected chi connectivity index (χ2v) is 4.59. The van der Waals surface area contributed by atoms with Gasteiger partial charge in [-0.25, -0.2) is 0 Å². The maximum Gasteiger partial charge on any atom is 0.225 e. The van der Waals surface area contributed by atoms with Crippen LogP contribution in [0.15, 0.2) is 0 Å². The van der Waals surface area contributed by atoms with Gasteiger partial charge in [-0.15, -0.1) is 11.6 Å². The Morgan fingerprint density at radius 3 is 2.38 bits per heavy atom. The van der Waals surface area contributed by atoms with Crippen molar-refractivity contribution in [1.82, 2.24) is 4.90 Å². The van der Waals surface area contributed by atoms with Crippen molar-refractivity contribution in [3.05, 3.63) is 0 Å². The van der Waals surface area contributed by atoms with Crippen molar-refractivity contribution in [2.45, 2.75) is 52.9 Å². The summed E-state index contributed by atoms with van der Waals surface area (Å²) >= 11 is 5.67. The lowest BCUT2D eigenvalue weighted by atomic mass is 9.97. The number of carbonyl (C=O) groups excluding carboxylic acids is 1. The minimum atomic E-state index is 0.218. The van der Waals surface area contributed by atoms with E-state index < -0.39 is 0 Å². The third-order valence-corrected chi connectivity index (χ3v) is 3.27. The van der Waals surface area contributed by atoms with Crippen molar-refractivity contribution in [2.24, 2.45) is 5.92 Å². The second kappa shape index (κ2) is 9.95. The lowest BCUT2D eigenvalue weighted by Crippen LogP contribution is -2.36. The molecule has 0 spiro atoms. The Labute approximate surface area is 105 Å². The van der Waals surface area contributed by atoms with Gasteiger partial charge < -0.3 is 4.90 Å². The lowest BCUT2D eigenvalue weighted by molar-refractivity contribution is -0.135. The van der Waals surface area contributed by atoms with Crippen LogP contribution >= 0.6 is 11.6 Å². The number of carbonyl (C=O) groups is 1. The molecular formula is C13H26ClNO. The summed E-state index contributed by atoms with van der Waals surface area (Å²) in [6.45, 7) is 7.92. The lowest BCUT2D eigenvalue weighted by Gasteiger charge is -2.25. The van der Waals surface area contributed by atoms with Gasteiger partial charge in [0, 0.05) is 24.9 Å². The van der Waals surface area contributed by atoms with E-state index in [0.29, 0.717) is 11.8 Å². The molecule has 1 unspecified atom stereocenters. The highest BCUT2D eigenvalue weighted by Gasteiger charge is 2.20. The Bertz CT molecular complexity index is 167. The van der Waals surface area contributed by atoms with Gasteiger partial charge in [-0.1, -0.05) is 26.7 Å². The molecule has 0 rings (SSSR count). The van der Waals surface area contributed by atoms with Crippen LogP contribution in [0.25, 0.3) is 0 Å². The molecule has 0 fully saturated rings. The molecule has 0 aliphatic rings. The maximum absolute atomic E-state index is 12.2. The summed E-state index contributed by atoms with van der Waals surface area (Å²) in [5.74, 6) is 1.18. The number of alkyl halides is 1. The summed E-state index contributed by atoms with van der Waals surface area (Å²) in [5.41, 5.74) is 0. The van der Waals surface area contributed by atoms with Crippen molar-refractivity contribution in [1.29, 1.82) is 0 Å². The SMILES string of the molecule is CCCCC(CC)C(=O)N(CC)CCCCl. The number of hydrogen-bond acceptors (Lipinski definition) is 1. The summed E-state index contributed by atoms with van der Waals surface area (Å²) in [6.07, 6.45) is 5.19. The van der Waals surface area contributed by atoms with E-state index >= 15 is 0 Å². The molecule has 0 radical (unpaired) electrons. The monoisotopic (exact) mass is 247 g/mol.